The molecule has 154 valence electrons. The maximum absolute atomic E-state index is 12.9. The normalized spacial score (nSPS) is 15.0. The zero-order chi connectivity index (χ0) is 21.5. The van der Waals surface area contributed by atoms with Crippen LogP contribution in [0.25, 0.3) is 6.08 Å². The fraction of sp³-hybridized carbons (Fsp3) is 0.0833. The molecule has 0 saturated heterocycles. The Morgan fingerprint density at radius 2 is 1.84 bits per heavy atom. The maximum Gasteiger partial charge on any atom is 0.345 e. The summed E-state index contributed by atoms with van der Waals surface area (Å²) < 4.78 is 21.9. The van der Waals surface area contributed by atoms with Crippen LogP contribution in [0.4, 0.5) is 0 Å². The van der Waals surface area contributed by atoms with Crippen LogP contribution in [0.1, 0.15) is 31.8 Å². The second-order valence-electron chi connectivity index (χ2n) is 7.04. The minimum atomic E-state index is -0.592. The highest BCUT2D eigenvalue weighted by molar-refractivity contribution is 6.33. The van der Waals surface area contributed by atoms with Crippen molar-refractivity contribution in [2.45, 2.75) is 6.92 Å². The highest BCUT2D eigenvalue weighted by Gasteiger charge is 2.30. The molecule has 3 aromatic rings. The van der Waals surface area contributed by atoms with Crippen LogP contribution in [0.2, 0.25) is 5.02 Å². The molecule has 2 aliphatic heterocycles. The summed E-state index contributed by atoms with van der Waals surface area (Å²) in [7, 11) is 0. The Kier molecular flexibility index (Phi) is 4.64. The number of rotatable bonds is 3. The number of carbonyl (C=O) groups excluding carboxylic acids is 2. The van der Waals surface area contributed by atoms with Gasteiger partial charge in [0.2, 0.25) is 12.6 Å². The van der Waals surface area contributed by atoms with E-state index in [1.807, 2.05) is 6.07 Å². The molecule has 0 spiro atoms. The van der Waals surface area contributed by atoms with Crippen LogP contribution >= 0.6 is 11.6 Å². The first-order valence-electron chi connectivity index (χ1n) is 9.45. The van der Waals surface area contributed by atoms with Gasteiger partial charge < -0.3 is 18.9 Å². The summed E-state index contributed by atoms with van der Waals surface area (Å²) in [5.41, 5.74) is 2.06. The summed E-state index contributed by atoms with van der Waals surface area (Å²) >= 11 is 6.07. The van der Waals surface area contributed by atoms with E-state index in [9.17, 15) is 9.59 Å². The van der Waals surface area contributed by atoms with Gasteiger partial charge in [-0.15, -0.1) is 0 Å². The fourth-order valence-electron chi connectivity index (χ4n) is 3.48. The van der Waals surface area contributed by atoms with Gasteiger partial charge in [0, 0.05) is 6.07 Å². The summed E-state index contributed by atoms with van der Waals surface area (Å²) in [5, 5.41) is 0.297. The molecule has 0 saturated carbocycles. The molecule has 0 atom stereocenters. The van der Waals surface area contributed by atoms with Crippen molar-refractivity contribution in [2.24, 2.45) is 0 Å². The largest absolute Gasteiger partial charge is 0.454 e. The van der Waals surface area contributed by atoms with Crippen molar-refractivity contribution < 1.29 is 28.5 Å². The number of allylic oxidation sites excluding steroid dienone is 1. The highest BCUT2D eigenvalue weighted by Crippen LogP contribution is 2.39. The number of carbonyl (C=O) groups is 2. The van der Waals surface area contributed by atoms with Gasteiger partial charge in [0.1, 0.15) is 11.5 Å². The first-order valence-corrected chi connectivity index (χ1v) is 9.82. The summed E-state index contributed by atoms with van der Waals surface area (Å²) in [6.07, 6.45) is 1.64. The van der Waals surface area contributed by atoms with Gasteiger partial charge in [-0.25, -0.2) is 4.79 Å². The predicted octanol–water partition coefficient (Wildman–Crippen LogP) is 5.21. The van der Waals surface area contributed by atoms with E-state index in [0.717, 1.165) is 5.56 Å². The Labute approximate surface area is 182 Å². The van der Waals surface area contributed by atoms with Crippen molar-refractivity contribution >= 4 is 29.4 Å². The molecule has 0 unspecified atom stereocenters. The number of aryl methyl sites for hydroxylation is 1. The molecule has 7 heteroatoms. The van der Waals surface area contributed by atoms with Crippen molar-refractivity contribution in [3.05, 3.63) is 87.6 Å². The van der Waals surface area contributed by atoms with E-state index in [0.29, 0.717) is 33.4 Å². The average Bonchev–Trinajstić information content (AvgIpc) is 3.32. The molecular weight excluding hydrogens is 420 g/mol. The van der Waals surface area contributed by atoms with Crippen LogP contribution in [-0.4, -0.2) is 18.5 Å². The van der Waals surface area contributed by atoms with Crippen molar-refractivity contribution in [3.63, 3.8) is 0 Å². The van der Waals surface area contributed by atoms with E-state index < -0.39 is 5.97 Å². The Bertz CT molecular complexity index is 1280. The monoisotopic (exact) mass is 434 g/mol. The Morgan fingerprint density at radius 3 is 2.68 bits per heavy atom. The first-order chi connectivity index (χ1) is 15.0. The van der Waals surface area contributed by atoms with Crippen LogP contribution in [0, 0.1) is 6.92 Å². The summed E-state index contributed by atoms with van der Waals surface area (Å²) in [4.78, 5) is 25.3. The van der Waals surface area contributed by atoms with Crippen LogP contribution in [0.15, 0.2) is 60.4 Å². The SMILES string of the molecule is Cc1cc(OC(=O)c2ccccc2Cl)cc2c1C(=O)/C(=C/c1ccc3c(c1)OCO3)O2. The summed E-state index contributed by atoms with van der Waals surface area (Å²) in [6, 6.07) is 15.1. The van der Waals surface area contributed by atoms with Crippen LogP contribution in [0.3, 0.4) is 0 Å². The predicted molar refractivity (Wildman–Crippen MR) is 113 cm³/mol. The Morgan fingerprint density at radius 1 is 1.03 bits per heavy atom. The second-order valence-corrected chi connectivity index (χ2v) is 7.44. The smallest absolute Gasteiger partial charge is 0.345 e. The lowest BCUT2D eigenvalue weighted by atomic mass is 10.0. The van der Waals surface area contributed by atoms with E-state index in [1.54, 1.807) is 55.5 Å². The lowest BCUT2D eigenvalue weighted by molar-refractivity contribution is 0.0734. The number of halogens is 1. The third-order valence-corrected chi connectivity index (χ3v) is 5.27. The zero-order valence-corrected chi connectivity index (χ0v) is 17.1. The maximum atomic E-state index is 12.9. The van der Waals surface area contributed by atoms with E-state index in [-0.39, 0.29) is 29.6 Å². The Hall–Kier alpha value is -3.77. The van der Waals surface area contributed by atoms with E-state index in [2.05, 4.69) is 0 Å². The minimum absolute atomic E-state index is 0.172. The molecule has 0 radical (unpaired) electrons. The third-order valence-electron chi connectivity index (χ3n) is 4.94. The minimum Gasteiger partial charge on any atom is -0.454 e. The molecule has 2 heterocycles. The van der Waals surface area contributed by atoms with Gasteiger partial charge in [-0.05, 0) is 54.5 Å². The van der Waals surface area contributed by atoms with Crippen molar-refractivity contribution in [1.82, 2.24) is 0 Å². The Balaban J connectivity index is 1.42. The van der Waals surface area contributed by atoms with Gasteiger partial charge in [0.05, 0.1) is 16.1 Å². The lowest BCUT2D eigenvalue weighted by Gasteiger charge is -2.08. The van der Waals surface area contributed by atoms with Gasteiger partial charge in [-0.1, -0.05) is 29.8 Å². The van der Waals surface area contributed by atoms with E-state index in [4.69, 9.17) is 30.5 Å². The third kappa shape index (κ3) is 3.51. The molecule has 5 rings (SSSR count). The van der Waals surface area contributed by atoms with Crippen LogP contribution in [-0.2, 0) is 0 Å². The molecule has 6 nitrogen and oxygen atoms in total. The quantitative estimate of drug-likeness (QED) is 0.320. The number of hydrogen-bond acceptors (Lipinski definition) is 6. The topological polar surface area (TPSA) is 71.1 Å². The number of ether oxygens (including phenoxy) is 4. The molecule has 0 N–H and O–H groups in total. The fourth-order valence-corrected chi connectivity index (χ4v) is 3.69. The van der Waals surface area contributed by atoms with Gasteiger partial charge in [0.15, 0.2) is 17.3 Å². The van der Waals surface area contributed by atoms with E-state index >= 15 is 0 Å². The second kappa shape index (κ2) is 7.49. The number of ketones is 1. The lowest BCUT2D eigenvalue weighted by Crippen LogP contribution is -2.09. The number of Topliss-reactive ketones (excluding diaryl/α,β-unsaturated/α-hetero) is 1. The number of benzene rings is 3. The summed E-state index contributed by atoms with van der Waals surface area (Å²) in [5.74, 6) is 1.20. The van der Waals surface area contributed by atoms with Crippen molar-refractivity contribution in [1.29, 1.82) is 0 Å². The number of esters is 1. The van der Waals surface area contributed by atoms with Gasteiger partial charge in [0.25, 0.3) is 0 Å². The summed E-state index contributed by atoms with van der Waals surface area (Å²) in [6.45, 7) is 1.93. The number of hydrogen-bond donors (Lipinski definition) is 0. The molecule has 0 aromatic heterocycles. The molecular formula is C24H15ClO6. The van der Waals surface area contributed by atoms with Gasteiger partial charge >= 0.3 is 5.97 Å². The average molecular weight is 435 g/mol. The van der Waals surface area contributed by atoms with Crippen molar-refractivity contribution in [3.8, 4) is 23.0 Å². The highest BCUT2D eigenvalue weighted by atomic mass is 35.5. The molecule has 0 amide bonds. The molecule has 3 aromatic carbocycles. The molecule has 0 fully saturated rings. The molecule has 0 bridgehead atoms. The first kappa shape index (κ1) is 19.2. The number of fused-ring (bicyclic) bond motifs is 2. The van der Waals surface area contributed by atoms with Crippen LogP contribution < -0.4 is 18.9 Å². The van der Waals surface area contributed by atoms with Gasteiger partial charge in [-0.2, -0.15) is 0 Å². The van der Waals surface area contributed by atoms with E-state index in [1.165, 1.54) is 6.07 Å². The van der Waals surface area contributed by atoms with Gasteiger partial charge in [-0.3, -0.25) is 4.79 Å². The molecule has 2 aliphatic rings. The zero-order valence-electron chi connectivity index (χ0n) is 16.3. The molecule has 31 heavy (non-hydrogen) atoms. The van der Waals surface area contributed by atoms with Crippen molar-refractivity contribution in [2.75, 3.05) is 6.79 Å². The van der Waals surface area contributed by atoms with Crippen LogP contribution in [0.5, 0.6) is 23.0 Å². The molecule has 0 aliphatic carbocycles. The standard InChI is InChI=1S/C24H15ClO6/c1-13-8-15(30-24(27)16-4-2-3-5-17(16)25)11-20-22(13)23(26)21(31-20)10-14-6-7-18-19(9-14)29-12-28-18/h2-11H,12H2,1H3/b21-10-.